The highest BCUT2D eigenvalue weighted by molar-refractivity contribution is 5.78. The third kappa shape index (κ3) is 2.73. The molecular formula is C10H11F2NO2. The van der Waals surface area contributed by atoms with Crippen LogP contribution in [0.15, 0.2) is 18.2 Å². The van der Waals surface area contributed by atoms with Gasteiger partial charge in [0.25, 0.3) is 0 Å². The third-order valence-electron chi connectivity index (χ3n) is 2.06. The van der Waals surface area contributed by atoms with Gasteiger partial charge in [-0.15, -0.1) is 0 Å². The smallest absolute Gasteiger partial charge is 0.323 e. The summed E-state index contributed by atoms with van der Waals surface area (Å²) in [6.45, 7) is 1.28. The molecule has 0 amide bonds. The summed E-state index contributed by atoms with van der Waals surface area (Å²) in [4.78, 5) is 10.7. The number of hydrogen-bond acceptors (Lipinski definition) is 2. The molecule has 0 saturated carbocycles. The summed E-state index contributed by atoms with van der Waals surface area (Å²) in [5.41, 5.74) is 3.97. The van der Waals surface area contributed by atoms with Gasteiger partial charge in [-0.05, 0) is 18.6 Å². The first-order chi connectivity index (χ1) is 6.83. The lowest BCUT2D eigenvalue weighted by atomic mass is 9.94. The molecule has 0 fully saturated rings. The zero-order valence-electron chi connectivity index (χ0n) is 8.13. The summed E-state index contributed by atoms with van der Waals surface area (Å²) >= 11 is 0. The second-order valence-electron chi connectivity index (χ2n) is 3.64. The minimum Gasteiger partial charge on any atom is -0.480 e. The van der Waals surface area contributed by atoms with E-state index in [1.165, 1.54) is 13.0 Å². The molecule has 0 aliphatic carbocycles. The molecule has 0 radical (unpaired) electrons. The fourth-order valence-electron chi connectivity index (χ4n) is 1.14. The topological polar surface area (TPSA) is 63.3 Å². The molecule has 1 atom stereocenters. The summed E-state index contributed by atoms with van der Waals surface area (Å²) in [6.07, 6.45) is -0.186. The highest BCUT2D eigenvalue weighted by Gasteiger charge is 2.29. The second-order valence-corrected chi connectivity index (χ2v) is 3.64. The van der Waals surface area contributed by atoms with Crippen molar-refractivity contribution in [2.45, 2.75) is 18.9 Å². The number of aliphatic carboxylic acids is 1. The van der Waals surface area contributed by atoms with Gasteiger partial charge in [0.05, 0.1) is 0 Å². The van der Waals surface area contributed by atoms with Crippen LogP contribution in [0.25, 0.3) is 0 Å². The highest BCUT2D eigenvalue weighted by atomic mass is 19.1. The van der Waals surface area contributed by atoms with Crippen LogP contribution in [0.2, 0.25) is 0 Å². The Morgan fingerprint density at radius 2 is 2.13 bits per heavy atom. The number of hydrogen-bond donors (Lipinski definition) is 2. The normalized spacial score (nSPS) is 14.7. The van der Waals surface area contributed by atoms with E-state index >= 15 is 0 Å². The molecule has 0 spiro atoms. The molecule has 0 aliphatic rings. The number of rotatable bonds is 3. The van der Waals surface area contributed by atoms with Crippen LogP contribution in [0.4, 0.5) is 8.78 Å². The first-order valence-electron chi connectivity index (χ1n) is 4.29. The molecule has 82 valence electrons. The SMILES string of the molecule is C[C@](N)(Cc1ccc(F)cc1F)C(=O)O. The van der Waals surface area contributed by atoms with Gasteiger partial charge in [0.1, 0.15) is 17.2 Å². The van der Waals surface area contributed by atoms with E-state index in [1.54, 1.807) is 0 Å². The van der Waals surface area contributed by atoms with E-state index in [0.29, 0.717) is 6.07 Å². The summed E-state index contributed by atoms with van der Waals surface area (Å²) in [6, 6.07) is 2.96. The van der Waals surface area contributed by atoms with Crippen molar-refractivity contribution in [3.8, 4) is 0 Å². The van der Waals surface area contributed by atoms with Gasteiger partial charge in [0.15, 0.2) is 0 Å². The van der Waals surface area contributed by atoms with E-state index in [2.05, 4.69) is 0 Å². The number of benzene rings is 1. The van der Waals surface area contributed by atoms with Crippen molar-refractivity contribution in [1.82, 2.24) is 0 Å². The molecule has 1 aromatic carbocycles. The van der Waals surface area contributed by atoms with Crippen LogP contribution in [0.3, 0.4) is 0 Å². The average molecular weight is 215 g/mol. The average Bonchev–Trinajstić information content (AvgIpc) is 2.09. The van der Waals surface area contributed by atoms with Crippen LogP contribution < -0.4 is 5.73 Å². The van der Waals surface area contributed by atoms with Gasteiger partial charge in [0.2, 0.25) is 0 Å². The maximum absolute atomic E-state index is 13.2. The van der Waals surface area contributed by atoms with Crippen molar-refractivity contribution in [1.29, 1.82) is 0 Å². The van der Waals surface area contributed by atoms with Gasteiger partial charge in [-0.2, -0.15) is 0 Å². The molecule has 1 rings (SSSR count). The molecule has 3 N–H and O–H groups in total. The van der Waals surface area contributed by atoms with E-state index in [4.69, 9.17) is 10.8 Å². The Morgan fingerprint density at radius 1 is 1.53 bits per heavy atom. The molecular weight excluding hydrogens is 204 g/mol. The van der Waals surface area contributed by atoms with Gasteiger partial charge < -0.3 is 10.8 Å². The van der Waals surface area contributed by atoms with Crippen LogP contribution in [0.5, 0.6) is 0 Å². The van der Waals surface area contributed by atoms with Crippen LogP contribution in [0.1, 0.15) is 12.5 Å². The zero-order valence-corrected chi connectivity index (χ0v) is 8.13. The molecule has 0 aromatic heterocycles. The maximum Gasteiger partial charge on any atom is 0.323 e. The number of carboxylic acid groups (broad SMARTS) is 1. The fourth-order valence-corrected chi connectivity index (χ4v) is 1.14. The molecule has 15 heavy (non-hydrogen) atoms. The van der Waals surface area contributed by atoms with Crippen molar-refractivity contribution >= 4 is 5.97 Å². The zero-order chi connectivity index (χ0) is 11.6. The van der Waals surface area contributed by atoms with Gasteiger partial charge in [-0.1, -0.05) is 6.07 Å². The lowest BCUT2D eigenvalue weighted by Gasteiger charge is -2.19. The third-order valence-corrected chi connectivity index (χ3v) is 2.06. The maximum atomic E-state index is 13.2. The van der Waals surface area contributed by atoms with Gasteiger partial charge in [-0.3, -0.25) is 4.79 Å². The lowest BCUT2D eigenvalue weighted by Crippen LogP contribution is -2.47. The van der Waals surface area contributed by atoms with E-state index in [0.717, 1.165) is 6.07 Å². The largest absolute Gasteiger partial charge is 0.480 e. The molecule has 5 heteroatoms. The lowest BCUT2D eigenvalue weighted by molar-refractivity contribution is -0.142. The monoisotopic (exact) mass is 215 g/mol. The van der Waals surface area contributed by atoms with Crippen LogP contribution in [0, 0.1) is 11.6 Å². The molecule has 0 bridgehead atoms. The second kappa shape index (κ2) is 3.94. The molecule has 1 aromatic rings. The first-order valence-corrected chi connectivity index (χ1v) is 4.29. The van der Waals surface area contributed by atoms with Crippen LogP contribution in [-0.4, -0.2) is 16.6 Å². The standard InChI is InChI=1S/C10H11F2NO2/c1-10(13,9(14)15)5-6-2-3-7(11)4-8(6)12/h2-4H,5,13H2,1H3,(H,14,15)/t10-/m0/s1. The summed E-state index contributed by atoms with van der Waals surface area (Å²) in [7, 11) is 0. The van der Waals surface area contributed by atoms with E-state index in [-0.39, 0.29) is 12.0 Å². The van der Waals surface area contributed by atoms with E-state index in [9.17, 15) is 13.6 Å². The van der Waals surface area contributed by atoms with Crippen LogP contribution >= 0.6 is 0 Å². The van der Waals surface area contributed by atoms with E-state index in [1.807, 2.05) is 0 Å². The van der Waals surface area contributed by atoms with Gasteiger partial charge >= 0.3 is 5.97 Å². The number of halogens is 2. The Kier molecular flexibility index (Phi) is 3.04. The van der Waals surface area contributed by atoms with Crippen LogP contribution in [-0.2, 0) is 11.2 Å². The Labute approximate surface area is 85.5 Å². The quantitative estimate of drug-likeness (QED) is 0.799. The van der Waals surface area contributed by atoms with Gasteiger partial charge in [-0.25, -0.2) is 8.78 Å². The minimum atomic E-state index is -1.56. The minimum absolute atomic E-state index is 0.0869. The molecule has 0 heterocycles. The predicted octanol–water partition coefficient (Wildman–Crippen LogP) is 1.31. The summed E-state index contributed by atoms with van der Waals surface area (Å²) in [5, 5.41) is 8.73. The molecule has 0 saturated heterocycles. The molecule has 0 aliphatic heterocycles. The Morgan fingerprint density at radius 3 is 2.60 bits per heavy atom. The Bertz CT molecular complexity index is 391. The van der Waals surface area contributed by atoms with Crippen molar-refractivity contribution in [2.24, 2.45) is 5.73 Å². The van der Waals surface area contributed by atoms with E-state index < -0.39 is 23.1 Å². The fraction of sp³-hybridized carbons (Fsp3) is 0.300. The predicted molar refractivity (Wildman–Crippen MR) is 50.3 cm³/mol. The number of carbonyl (C=O) groups is 1. The van der Waals surface area contributed by atoms with Gasteiger partial charge in [0, 0.05) is 12.5 Å². The van der Waals surface area contributed by atoms with Crippen molar-refractivity contribution < 1.29 is 18.7 Å². The Balaban J connectivity index is 2.95. The highest BCUT2D eigenvalue weighted by Crippen LogP contribution is 2.15. The number of nitrogens with two attached hydrogens (primary N) is 1. The van der Waals surface area contributed by atoms with Crippen molar-refractivity contribution in [2.75, 3.05) is 0 Å². The molecule has 0 unspecified atom stereocenters. The summed E-state index contributed by atoms with van der Waals surface area (Å²) in [5.74, 6) is -2.72. The first kappa shape index (κ1) is 11.6. The molecule has 3 nitrogen and oxygen atoms in total. The van der Waals surface area contributed by atoms with Crippen molar-refractivity contribution in [3.63, 3.8) is 0 Å². The van der Waals surface area contributed by atoms with Crippen molar-refractivity contribution in [3.05, 3.63) is 35.4 Å². The Hall–Kier alpha value is -1.49. The summed E-state index contributed by atoms with van der Waals surface area (Å²) < 4.78 is 25.7. The number of carboxylic acids is 1.